The van der Waals surface area contributed by atoms with Crippen LogP contribution in [0.1, 0.15) is 19.8 Å². The summed E-state index contributed by atoms with van der Waals surface area (Å²) < 4.78 is 37.2. The number of hydrogen-bond donors (Lipinski definition) is 0. The highest BCUT2D eigenvalue weighted by molar-refractivity contribution is 8.17. The monoisotopic (exact) mass is 230 g/mol. The Morgan fingerprint density at radius 3 is 2.23 bits per heavy atom. The van der Waals surface area contributed by atoms with Gasteiger partial charge in [-0.2, -0.15) is 13.2 Å². The van der Waals surface area contributed by atoms with Crippen molar-refractivity contribution in [2.45, 2.75) is 30.5 Å². The van der Waals surface area contributed by atoms with E-state index in [9.17, 15) is 13.2 Å². The molecule has 0 nitrogen and oxygen atoms in total. The van der Waals surface area contributed by atoms with E-state index in [0.717, 1.165) is 17.9 Å². The van der Waals surface area contributed by atoms with E-state index < -0.39 is 12.1 Å². The quantitative estimate of drug-likeness (QED) is 0.708. The number of thioether (sulfide) groups is 2. The van der Waals surface area contributed by atoms with Crippen molar-refractivity contribution in [1.29, 1.82) is 0 Å². The molecule has 0 N–H and O–H groups in total. The molecule has 0 amide bonds. The minimum atomic E-state index is -4.02. The summed E-state index contributed by atoms with van der Waals surface area (Å²) in [6.45, 7) is 1.62. The minimum Gasteiger partial charge on any atom is -0.171 e. The summed E-state index contributed by atoms with van der Waals surface area (Å²) >= 11 is 2.93. The topological polar surface area (TPSA) is 0 Å². The Balaban J connectivity index is 2.54. The van der Waals surface area contributed by atoms with Gasteiger partial charge >= 0.3 is 6.18 Å². The molecule has 78 valence electrons. The van der Waals surface area contributed by atoms with E-state index in [-0.39, 0.29) is 11.0 Å². The van der Waals surface area contributed by atoms with Crippen LogP contribution < -0.4 is 0 Å². The van der Waals surface area contributed by atoms with Gasteiger partial charge < -0.3 is 0 Å². The maximum atomic E-state index is 12.5. The lowest BCUT2D eigenvalue weighted by Gasteiger charge is -2.29. The molecule has 1 fully saturated rings. The first-order chi connectivity index (χ1) is 6.05. The molecular weight excluding hydrogens is 217 g/mol. The fourth-order valence-electron chi connectivity index (χ4n) is 1.32. The maximum Gasteiger partial charge on any atom is 0.393 e. The van der Waals surface area contributed by atoms with E-state index in [1.54, 1.807) is 6.92 Å². The molecule has 1 heterocycles. The molecule has 0 aliphatic carbocycles. The first-order valence-electron chi connectivity index (χ1n) is 4.35. The molecule has 0 spiro atoms. The molecule has 0 aromatic rings. The highest BCUT2D eigenvalue weighted by Crippen LogP contribution is 2.44. The number of alkyl halides is 3. The Morgan fingerprint density at radius 2 is 1.85 bits per heavy atom. The van der Waals surface area contributed by atoms with Gasteiger partial charge in [-0.3, -0.25) is 0 Å². The van der Waals surface area contributed by atoms with Crippen LogP contribution in [0.4, 0.5) is 13.2 Å². The first kappa shape index (κ1) is 11.6. The van der Waals surface area contributed by atoms with Crippen LogP contribution in [-0.2, 0) is 0 Å². The SMILES string of the molecule is CCC(C1SCCCS1)C(F)(F)F. The van der Waals surface area contributed by atoms with Crippen LogP contribution in [-0.4, -0.2) is 22.3 Å². The van der Waals surface area contributed by atoms with Crippen molar-refractivity contribution in [3.05, 3.63) is 0 Å². The third-order valence-electron chi connectivity index (χ3n) is 2.04. The third-order valence-corrected chi connectivity index (χ3v) is 5.22. The Labute approximate surface area is 85.0 Å². The molecule has 5 heteroatoms. The van der Waals surface area contributed by atoms with Gasteiger partial charge in [-0.15, -0.1) is 23.5 Å². The predicted octanol–water partition coefficient (Wildman–Crippen LogP) is 3.77. The highest BCUT2D eigenvalue weighted by atomic mass is 32.2. The Kier molecular flexibility index (Phi) is 4.29. The van der Waals surface area contributed by atoms with Crippen LogP contribution in [0.3, 0.4) is 0 Å². The third kappa shape index (κ3) is 3.27. The summed E-state index contributed by atoms with van der Waals surface area (Å²) in [6, 6.07) is 0. The van der Waals surface area contributed by atoms with Crippen molar-refractivity contribution in [3.8, 4) is 0 Å². The lowest BCUT2D eigenvalue weighted by atomic mass is 10.1. The van der Waals surface area contributed by atoms with Crippen molar-refractivity contribution < 1.29 is 13.2 Å². The molecule has 0 bridgehead atoms. The molecule has 1 aliphatic heterocycles. The van der Waals surface area contributed by atoms with Crippen molar-refractivity contribution in [3.63, 3.8) is 0 Å². The Bertz CT molecular complexity index is 152. The molecule has 0 radical (unpaired) electrons. The standard InChI is InChI=1S/C8H13F3S2/c1-2-6(8(9,10)11)7-12-4-3-5-13-7/h6-7H,2-5H2,1H3. The van der Waals surface area contributed by atoms with Crippen LogP contribution >= 0.6 is 23.5 Å². The zero-order valence-corrected chi connectivity index (χ0v) is 9.07. The van der Waals surface area contributed by atoms with Crippen LogP contribution in [0.2, 0.25) is 0 Å². The second-order valence-electron chi connectivity index (χ2n) is 3.02. The van der Waals surface area contributed by atoms with E-state index >= 15 is 0 Å². The second kappa shape index (κ2) is 4.82. The van der Waals surface area contributed by atoms with Crippen molar-refractivity contribution in [2.75, 3.05) is 11.5 Å². The number of hydrogen-bond acceptors (Lipinski definition) is 2. The molecule has 1 aliphatic rings. The van der Waals surface area contributed by atoms with Gasteiger partial charge in [-0.1, -0.05) is 6.92 Å². The van der Waals surface area contributed by atoms with Gasteiger partial charge in [0.05, 0.1) is 10.5 Å². The molecule has 0 aromatic heterocycles. The summed E-state index contributed by atoms with van der Waals surface area (Å²) in [4.78, 5) is 0. The first-order valence-corrected chi connectivity index (χ1v) is 6.45. The molecule has 13 heavy (non-hydrogen) atoms. The van der Waals surface area contributed by atoms with Crippen molar-refractivity contribution in [2.24, 2.45) is 5.92 Å². The van der Waals surface area contributed by atoms with Crippen LogP contribution in [0.15, 0.2) is 0 Å². The van der Waals surface area contributed by atoms with E-state index in [0.29, 0.717) is 0 Å². The molecule has 1 saturated heterocycles. The van der Waals surface area contributed by atoms with Crippen molar-refractivity contribution in [1.82, 2.24) is 0 Å². The minimum absolute atomic E-state index is 0.203. The number of rotatable bonds is 2. The van der Waals surface area contributed by atoms with Crippen LogP contribution in [0.25, 0.3) is 0 Å². The smallest absolute Gasteiger partial charge is 0.171 e. The van der Waals surface area contributed by atoms with Gasteiger partial charge in [-0.25, -0.2) is 0 Å². The average molecular weight is 230 g/mol. The van der Waals surface area contributed by atoms with Gasteiger partial charge in [0.25, 0.3) is 0 Å². The van der Waals surface area contributed by atoms with E-state index in [4.69, 9.17) is 0 Å². The molecule has 0 saturated carbocycles. The van der Waals surface area contributed by atoms with Crippen molar-refractivity contribution >= 4 is 23.5 Å². The lowest BCUT2D eigenvalue weighted by molar-refractivity contribution is -0.170. The van der Waals surface area contributed by atoms with Gasteiger partial charge in [0.2, 0.25) is 0 Å². The van der Waals surface area contributed by atoms with Gasteiger partial charge in [0.1, 0.15) is 0 Å². The normalized spacial score (nSPS) is 23.1. The zero-order valence-electron chi connectivity index (χ0n) is 7.43. The lowest BCUT2D eigenvalue weighted by Crippen LogP contribution is -2.31. The molecule has 1 rings (SSSR count). The zero-order chi connectivity index (χ0) is 9.90. The number of halogens is 3. The summed E-state index contributed by atoms with van der Waals surface area (Å²) in [5.41, 5.74) is 0. The van der Waals surface area contributed by atoms with Gasteiger partial charge in [0, 0.05) is 0 Å². The van der Waals surface area contributed by atoms with Gasteiger partial charge in [-0.05, 0) is 24.3 Å². The van der Waals surface area contributed by atoms with E-state index in [2.05, 4.69) is 0 Å². The maximum absolute atomic E-state index is 12.5. The van der Waals surface area contributed by atoms with Crippen LogP contribution in [0.5, 0.6) is 0 Å². The fourth-order valence-corrected chi connectivity index (χ4v) is 4.71. The average Bonchev–Trinajstić information content (AvgIpc) is 2.05. The van der Waals surface area contributed by atoms with E-state index in [1.807, 2.05) is 0 Å². The van der Waals surface area contributed by atoms with Crippen LogP contribution in [0, 0.1) is 5.92 Å². The van der Waals surface area contributed by atoms with Gasteiger partial charge in [0.15, 0.2) is 0 Å². The second-order valence-corrected chi connectivity index (χ2v) is 5.82. The van der Waals surface area contributed by atoms with E-state index in [1.165, 1.54) is 23.5 Å². The Morgan fingerprint density at radius 1 is 1.31 bits per heavy atom. The summed E-state index contributed by atoms with van der Waals surface area (Å²) in [5.74, 6) is 0.636. The largest absolute Gasteiger partial charge is 0.393 e. The molecule has 1 unspecified atom stereocenters. The molecular formula is C8H13F3S2. The summed E-state index contributed by atoms with van der Waals surface area (Å²) in [6.07, 6.45) is -2.77. The molecule has 1 atom stereocenters. The summed E-state index contributed by atoms with van der Waals surface area (Å²) in [7, 11) is 0. The fraction of sp³-hybridized carbons (Fsp3) is 1.00. The predicted molar refractivity (Wildman–Crippen MR) is 53.2 cm³/mol. The molecule has 0 aromatic carbocycles. The highest BCUT2D eigenvalue weighted by Gasteiger charge is 2.44. The summed E-state index contributed by atoms with van der Waals surface area (Å²) in [5, 5.41) is 0. The Hall–Kier alpha value is 0.490.